The van der Waals surface area contributed by atoms with E-state index in [0.717, 1.165) is 38.9 Å². The van der Waals surface area contributed by atoms with Crippen LogP contribution < -0.4 is 56.5 Å². The molecule has 6 heteroatoms. The molecule has 0 radical (unpaired) electrons. The summed E-state index contributed by atoms with van der Waals surface area (Å²) in [5.41, 5.74) is 2.52. The van der Waals surface area contributed by atoms with Gasteiger partial charge in [0, 0.05) is 30.5 Å². The summed E-state index contributed by atoms with van der Waals surface area (Å²) < 4.78 is 6.64. The molecular weight excluding hydrogens is 501 g/mol. The third-order valence-electron chi connectivity index (χ3n) is 7.38. The first-order valence-electron chi connectivity index (χ1n) is 13.2. The number of ketones is 1. The molecule has 0 spiro atoms. The second kappa shape index (κ2) is 14.7. The zero-order valence-electron chi connectivity index (χ0n) is 22.8. The van der Waals surface area contributed by atoms with Crippen molar-refractivity contribution in [3.8, 4) is 0 Å². The summed E-state index contributed by atoms with van der Waals surface area (Å²) >= 11 is 0. The summed E-state index contributed by atoms with van der Waals surface area (Å²) in [6, 6.07) is 27.7. The molecule has 0 atom stereocenters. The van der Waals surface area contributed by atoms with Crippen molar-refractivity contribution < 1.29 is 70.8 Å². The molecule has 0 N–H and O–H groups in total. The molecule has 0 amide bonds. The summed E-state index contributed by atoms with van der Waals surface area (Å²) in [5.74, 6) is -1.04. The van der Waals surface area contributed by atoms with Gasteiger partial charge in [-0.3, -0.25) is 4.79 Å². The maximum atomic E-state index is 12.7. The van der Waals surface area contributed by atoms with E-state index in [-0.39, 0.29) is 69.4 Å². The number of piperidine rings is 1. The van der Waals surface area contributed by atoms with Crippen molar-refractivity contribution in [1.82, 2.24) is 4.90 Å². The number of aliphatic carboxylic acids is 1. The fourth-order valence-corrected chi connectivity index (χ4v) is 4.86. The van der Waals surface area contributed by atoms with Crippen LogP contribution in [-0.2, 0) is 14.9 Å². The van der Waals surface area contributed by atoms with Gasteiger partial charge in [-0.1, -0.05) is 98.8 Å². The quantitative estimate of drug-likeness (QED) is 0.276. The van der Waals surface area contributed by atoms with E-state index in [1.165, 1.54) is 11.1 Å². The van der Waals surface area contributed by atoms with Gasteiger partial charge in [0.25, 0.3) is 0 Å². The molecule has 38 heavy (non-hydrogen) atoms. The Balaban J connectivity index is 0.00000400. The molecule has 0 aromatic heterocycles. The predicted octanol–water partition coefficient (Wildman–Crippen LogP) is 1.95. The van der Waals surface area contributed by atoms with Crippen molar-refractivity contribution in [3.63, 3.8) is 0 Å². The zero-order chi connectivity index (χ0) is 26.3. The summed E-state index contributed by atoms with van der Waals surface area (Å²) in [7, 11) is 0. The molecule has 3 aromatic carbocycles. The van der Waals surface area contributed by atoms with Crippen molar-refractivity contribution >= 4 is 11.8 Å². The summed E-state index contributed by atoms with van der Waals surface area (Å²) in [5, 5.41) is 11.3. The number of carbonyl (C=O) groups excluding carboxylic acids is 2. The first kappa shape index (κ1) is 30.9. The van der Waals surface area contributed by atoms with Crippen molar-refractivity contribution in [3.05, 3.63) is 107 Å². The monoisotopic (exact) mass is 537 g/mol. The van der Waals surface area contributed by atoms with E-state index in [1.54, 1.807) is 38.1 Å². The van der Waals surface area contributed by atoms with Crippen molar-refractivity contribution in [2.75, 3.05) is 19.6 Å². The third kappa shape index (κ3) is 8.18. The molecule has 0 unspecified atom stereocenters. The van der Waals surface area contributed by atoms with Gasteiger partial charge in [0.05, 0.1) is 12.1 Å². The third-order valence-corrected chi connectivity index (χ3v) is 7.38. The maximum Gasteiger partial charge on any atom is 1.00 e. The number of carboxylic acid groups (broad SMARTS) is 1. The predicted molar refractivity (Wildman–Crippen MR) is 143 cm³/mol. The van der Waals surface area contributed by atoms with Crippen LogP contribution in [0.2, 0.25) is 0 Å². The molecule has 1 heterocycles. The first-order valence-corrected chi connectivity index (χ1v) is 13.2. The Morgan fingerprint density at radius 3 is 1.92 bits per heavy atom. The van der Waals surface area contributed by atoms with Crippen LogP contribution in [0, 0.1) is 0 Å². The van der Waals surface area contributed by atoms with Gasteiger partial charge < -0.3 is 19.5 Å². The Bertz CT molecular complexity index is 1120. The molecule has 4 rings (SSSR count). The van der Waals surface area contributed by atoms with Gasteiger partial charge >= 0.3 is 51.4 Å². The maximum absolute atomic E-state index is 12.7. The average molecular weight is 538 g/mol. The molecule has 1 saturated heterocycles. The molecule has 194 valence electrons. The number of nitrogens with zero attached hydrogens (tertiary/aromatic N) is 1. The van der Waals surface area contributed by atoms with E-state index >= 15 is 0 Å². The van der Waals surface area contributed by atoms with Crippen LogP contribution in [0.15, 0.2) is 84.9 Å². The number of benzene rings is 3. The van der Waals surface area contributed by atoms with Crippen molar-refractivity contribution in [2.24, 2.45) is 0 Å². The molecular formula is C32H36KNO4. The number of Topliss-reactive ketones (excluding diaryl/α,β-unsaturated/α-hetero) is 1. The molecule has 0 bridgehead atoms. The van der Waals surface area contributed by atoms with Gasteiger partial charge in [0.2, 0.25) is 0 Å². The number of hydrogen-bond acceptors (Lipinski definition) is 5. The minimum Gasteiger partial charge on any atom is -0.549 e. The second-order valence-corrected chi connectivity index (χ2v) is 10.4. The van der Waals surface area contributed by atoms with Crippen LogP contribution in [0.1, 0.15) is 72.7 Å². The van der Waals surface area contributed by atoms with Gasteiger partial charge in [-0.25, -0.2) is 0 Å². The van der Waals surface area contributed by atoms with E-state index in [2.05, 4.69) is 53.4 Å². The Morgan fingerprint density at radius 2 is 1.42 bits per heavy atom. The molecule has 1 aliphatic heterocycles. The largest absolute Gasteiger partial charge is 1.00 e. The Kier molecular flexibility index (Phi) is 11.9. The summed E-state index contributed by atoms with van der Waals surface area (Å²) in [6.07, 6.45) is 3.35. The minimum absolute atomic E-state index is 0. The van der Waals surface area contributed by atoms with Crippen molar-refractivity contribution in [1.29, 1.82) is 0 Å². The molecule has 1 aliphatic rings. The minimum atomic E-state index is -1.13. The van der Waals surface area contributed by atoms with E-state index in [9.17, 15) is 14.7 Å². The fraction of sp³-hybridized carbons (Fsp3) is 0.375. The number of rotatable bonds is 11. The van der Waals surface area contributed by atoms with E-state index < -0.39 is 11.4 Å². The number of hydrogen-bond donors (Lipinski definition) is 0. The number of ether oxygens (including phenoxy) is 1. The molecule has 0 aliphatic carbocycles. The second-order valence-electron chi connectivity index (χ2n) is 10.4. The van der Waals surface area contributed by atoms with Gasteiger partial charge in [-0.2, -0.15) is 0 Å². The van der Waals surface area contributed by atoms with Crippen LogP contribution >= 0.6 is 0 Å². The molecule has 1 fully saturated rings. The van der Waals surface area contributed by atoms with Crippen LogP contribution in [0.25, 0.3) is 0 Å². The van der Waals surface area contributed by atoms with E-state index in [0.29, 0.717) is 17.5 Å². The summed E-state index contributed by atoms with van der Waals surface area (Å²) in [4.78, 5) is 26.4. The summed E-state index contributed by atoms with van der Waals surface area (Å²) in [6.45, 7) is 6.02. The number of carboxylic acids is 1. The Morgan fingerprint density at radius 1 is 0.895 bits per heavy atom. The molecule has 5 nitrogen and oxygen atoms in total. The van der Waals surface area contributed by atoms with Crippen LogP contribution in [0.3, 0.4) is 0 Å². The first-order chi connectivity index (χ1) is 17.8. The van der Waals surface area contributed by atoms with E-state index in [4.69, 9.17) is 4.74 Å². The van der Waals surface area contributed by atoms with Crippen molar-refractivity contribution in [2.45, 2.75) is 57.2 Å². The molecule has 3 aromatic rings. The number of carbonyl (C=O) groups is 2. The fourth-order valence-electron chi connectivity index (χ4n) is 4.86. The van der Waals surface area contributed by atoms with Gasteiger partial charge in [-0.05, 0) is 42.5 Å². The molecule has 0 saturated carbocycles. The van der Waals surface area contributed by atoms with E-state index in [1.807, 2.05) is 12.1 Å². The smallest absolute Gasteiger partial charge is 0.549 e. The van der Waals surface area contributed by atoms with Crippen LogP contribution in [-0.4, -0.2) is 42.4 Å². The average Bonchev–Trinajstić information content (AvgIpc) is 2.93. The topological polar surface area (TPSA) is 69.7 Å². The van der Waals surface area contributed by atoms with Gasteiger partial charge in [0.15, 0.2) is 5.78 Å². The zero-order valence-corrected chi connectivity index (χ0v) is 25.9. The SMILES string of the molecule is CC(C)(C(=O)[O-])c1ccc(C(=O)CCCN2CCC(OC(c3ccccc3)c3ccccc3)CC2)cc1.[K+]. The Labute approximate surface area is 269 Å². The standard InChI is InChI=1S/C32H37NO4.K/c1-32(2,31(35)36)27-17-15-24(16-18-27)29(34)14-9-21-33-22-19-28(20-23-33)37-30(25-10-5-3-6-11-25)26-12-7-4-8-13-26;/h3-8,10-13,15-18,28,30H,9,14,19-23H2,1-2H3,(H,35,36);/q;+1/p-1. The van der Waals surface area contributed by atoms with Gasteiger partial charge in [-0.15, -0.1) is 0 Å². The van der Waals surface area contributed by atoms with Crippen LogP contribution in [0.4, 0.5) is 0 Å². The van der Waals surface area contributed by atoms with Crippen LogP contribution in [0.5, 0.6) is 0 Å². The number of likely N-dealkylation sites (tertiary alicyclic amines) is 1. The normalized spacial score (nSPS) is 14.7. The Hall–Kier alpha value is -1.64. The van der Waals surface area contributed by atoms with Gasteiger partial charge in [0.1, 0.15) is 6.10 Å².